The van der Waals surface area contributed by atoms with Crippen LogP contribution in [0.15, 0.2) is 34.2 Å². The van der Waals surface area contributed by atoms with Gasteiger partial charge in [0.25, 0.3) is 11.5 Å². The number of rotatable bonds is 6. The summed E-state index contributed by atoms with van der Waals surface area (Å²) in [5.41, 5.74) is 0.432. The van der Waals surface area contributed by atoms with E-state index in [2.05, 4.69) is 22.9 Å². The lowest BCUT2D eigenvalue weighted by Gasteiger charge is -2.23. The molecule has 1 aromatic carbocycles. The molecule has 10 heteroatoms. The van der Waals surface area contributed by atoms with Gasteiger partial charge in [0, 0.05) is 17.8 Å². The monoisotopic (exact) mass is 422 g/mol. The fourth-order valence-corrected chi connectivity index (χ4v) is 3.45. The molecule has 0 fully saturated rings. The van der Waals surface area contributed by atoms with Crippen molar-refractivity contribution >= 4 is 41.7 Å². The van der Waals surface area contributed by atoms with Gasteiger partial charge in [-0.3, -0.25) is 14.4 Å². The summed E-state index contributed by atoms with van der Waals surface area (Å²) in [6.07, 6.45) is 0. The fourth-order valence-electron chi connectivity index (χ4n) is 3.06. The molecule has 2 heterocycles. The van der Waals surface area contributed by atoms with Gasteiger partial charge in [0.15, 0.2) is 5.16 Å². The number of hydrogen-bond acceptors (Lipinski definition) is 6. The van der Waals surface area contributed by atoms with Crippen LogP contribution < -0.4 is 10.9 Å². The van der Waals surface area contributed by atoms with Crippen LogP contribution in [-0.2, 0) is 22.6 Å². The largest absolute Gasteiger partial charge is 0.383 e. The van der Waals surface area contributed by atoms with Crippen LogP contribution in [0.1, 0.15) is 23.0 Å². The zero-order valence-electron chi connectivity index (χ0n) is 15.3. The van der Waals surface area contributed by atoms with Gasteiger partial charge in [-0.25, -0.2) is 0 Å². The number of halogens is 1. The number of nitrogens with zero attached hydrogens (tertiary/aromatic N) is 3. The first-order chi connectivity index (χ1) is 13.3. The Balaban J connectivity index is 1.88. The van der Waals surface area contributed by atoms with Gasteiger partial charge in [0.05, 0.1) is 24.8 Å². The van der Waals surface area contributed by atoms with Crippen LogP contribution in [0.4, 0.5) is 5.69 Å². The van der Waals surface area contributed by atoms with E-state index in [0.29, 0.717) is 17.3 Å². The highest BCUT2D eigenvalue weighted by Gasteiger charge is 2.36. The van der Waals surface area contributed by atoms with Crippen LogP contribution in [0.5, 0.6) is 0 Å². The molecule has 28 heavy (non-hydrogen) atoms. The Hall–Kier alpha value is -2.36. The number of benzene rings is 1. The smallest absolute Gasteiger partial charge is 0.279 e. The SMILES string of the molecule is COCC(C)N1Cc2c(n(CC(=O)Nc3ccc(Cl)cc3)c(S)nc2=O)C1=O. The number of hydrogen-bond donors (Lipinski definition) is 2. The molecule has 0 bridgehead atoms. The lowest BCUT2D eigenvalue weighted by Crippen LogP contribution is -2.37. The molecule has 148 valence electrons. The molecule has 0 spiro atoms. The lowest BCUT2D eigenvalue weighted by molar-refractivity contribution is -0.116. The average molecular weight is 423 g/mol. The Morgan fingerprint density at radius 2 is 2.04 bits per heavy atom. The number of aromatic nitrogens is 2. The van der Waals surface area contributed by atoms with Crippen molar-refractivity contribution in [2.24, 2.45) is 0 Å². The molecule has 1 atom stereocenters. The molecular formula is C18H19ClN4O4S. The first kappa shape index (κ1) is 20.4. The predicted octanol–water partition coefficient (Wildman–Crippen LogP) is 1.81. The average Bonchev–Trinajstić information content (AvgIpc) is 2.99. The van der Waals surface area contributed by atoms with E-state index in [1.54, 1.807) is 24.3 Å². The Morgan fingerprint density at radius 1 is 1.36 bits per heavy atom. The molecule has 0 saturated carbocycles. The van der Waals surface area contributed by atoms with Crippen LogP contribution in [0.3, 0.4) is 0 Å². The molecule has 1 aromatic heterocycles. The maximum absolute atomic E-state index is 12.9. The summed E-state index contributed by atoms with van der Waals surface area (Å²) >= 11 is 10.0. The third kappa shape index (κ3) is 4.06. The first-order valence-electron chi connectivity index (χ1n) is 8.49. The molecule has 0 saturated heterocycles. The molecule has 2 aromatic rings. The zero-order chi connectivity index (χ0) is 20.4. The zero-order valence-corrected chi connectivity index (χ0v) is 17.0. The number of ether oxygens (including phenoxy) is 1. The van der Waals surface area contributed by atoms with Crippen LogP contribution >= 0.6 is 24.2 Å². The van der Waals surface area contributed by atoms with E-state index in [1.807, 2.05) is 6.92 Å². The summed E-state index contributed by atoms with van der Waals surface area (Å²) in [4.78, 5) is 43.0. The topological polar surface area (TPSA) is 93.5 Å². The van der Waals surface area contributed by atoms with E-state index < -0.39 is 5.56 Å². The van der Waals surface area contributed by atoms with Crippen LogP contribution in [-0.4, -0.2) is 46.0 Å². The van der Waals surface area contributed by atoms with Crippen molar-refractivity contribution in [3.63, 3.8) is 0 Å². The van der Waals surface area contributed by atoms with Crippen molar-refractivity contribution in [3.8, 4) is 0 Å². The number of carbonyl (C=O) groups excluding carboxylic acids is 2. The van der Waals surface area contributed by atoms with E-state index in [4.69, 9.17) is 16.3 Å². The summed E-state index contributed by atoms with van der Waals surface area (Å²) in [6.45, 7) is 2.06. The molecular weight excluding hydrogens is 404 g/mol. The van der Waals surface area contributed by atoms with Crippen molar-refractivity contribution in [1.29, 1.82) is 0 Å². The number of carbonyl (C=O) groups is 2. The molecule has 1 N–H and O–H groups in total. The maximum Gasteiger partial charge on any atom is 0.279 e. The molecule has 0 radical (unpaired) electrons. The second kappa shape index (κ2) is 8.34. The highest BCUT2D eigenvalue weighted by atomic mass is 35.5. The van der Waals surface area contributed by atoms with E-state index in [9.17, 15) is 14.4 Å². The molecule has 8 nitrogen and oxygen atoms in total. The van der Waals surface area contributed by atoms with Crippen molar-refractivity contribution in [1.82, 2.24) is 14.5 Å². The Kier molecular flexibility index (Phi) is 6.07. The molecule has 3 rings (SSSR count). The highest BCUT2D eigenvalue weighted by Crippen LogP contribution is 2.24. The second-order valence-corrected chi connectivity index (χ2v) is 7.26. The number of methoxy groups -OCH3 is 1. The molecule has 1 unspecified atom stereocenters. The van der Waals surface area contributed by atoms with Gasteiger partial charge >= 0.3 is 0 Å². The third-order valence-corrected chi connectivity index (χ3v) is 5.01. The molecule has 0 aliphatic carbocycles. The van der Waals surface area contributed by atoms with Gasteiger partial charge in [-0.05, 0) is 31.2 Å². The summed E-state index contributed by atoms with van der Waals surface area (Å²) in [5.74, 6) is -0.741. The van der Waals surface area contributed by atoms with Crippen molar-refractivity contribution in [2.75, 3.05) is 19.0 Å². The second-order valence-electron chi connectivity index (χ2n) is 6.42. The first-order valence-corrected chi connectivity index (χ1v) is 9.32. The van der Waals surface area contributed by atoms with Gasteiger partial charge in [0.2, 0.25) is 5.91 Å². The van der Waals surface area contributed by atoms with E-state index in [1.165, 1.54) is 16.6 Å². The molecule has 2 amide bonds. The summed E-state index contributed by atoms with van der Waals surface area (Å²) in [5, 5.41) is 3.27. The third-order valence-electron chi connectivity index (χ3n) is 4.42. The van der Waals surface area contributed by atoms with E-state index in [-0.39, 0.29) is 47.4 Å². The minimum absolute atomic E-state index is 0.00426. The number of amides is 2. The fraction of sp³-hybridized carbons (Fsp3) is 0.333. The summed E-state index contributed by atoms with van der Waals surface area (Å²) in [6, 6.07) is 6.39. The van der Waals surface area contributed by atoms with Gasteiger partial charge in [-0.15, -0.1) is 12.6 Å². The molecule has 1 aliphatic heterocycles. The Bertz CT molecular complexity index is 977. The van der Waals surface area contributed by atoms with Crippen molar-refractivity contribution in [2.45, 2.75) is 31.2 Å². The lowest BCUT2D eigenvalue weighted by atomic mass is 10.2. The Morgan fingerprint density at radius 3 is 2.68 bits per heavy atom. The number of nitrogens with one attached hydrogen (secondary N) is 1. The minimum Gasteiger partial charge on any atom is -0.383 e. The summed E-state index contributed by atoms with van der Waals surface area (Å²) in [7, 11) is 1.54. The van der Waals surface area contributed by atoms with Crippen molar-refractivity contribution < 1.29 is 14.3 Å². The predicted molar refractivity (Wildman–Crippen MR) is 107 cm³/mol. The van der Waals surface area contributed by atoms with Crippen LogP contribution in [0, 0.1) is 0 Å². The van der Waals surface area contributed by atoms with Crippen LogP contribution in [0.2, 0.25) is 5.02 Å². The van der Waals surface area contributed by atoms with Gasteiger partial charge in [-0.2, -0.15) is 4.98 Å². The van der Waals surface area contributed by atoms with Gasteiger partial charge < -0.3 is 19.5 Å². The maximum atomic E-state index is 12.9. The summed E-state index contributed by atoms with van der Waals surface area (Å²) < 4.78 is 6.46. The van der Waals surface area contributed by atoms with E-state index in [0.717, 1.165) is 0 Å². The van der Waals surface area contributed by atoms with Gasteiger partial charge in [0.1, 0.15) is 12.2 Å². The van der Waals surface area contributed by atoms with Gasteiger partial charge in [-0.1, -0.05) is 11.6 Å². The molecule has 1 aliphatic rings. The number of anilines is 1. The normalized spacial score (nSPS) is 14.1. The standard InChI is InChI=1S/C18H19ClN4O4S/c1-10(9-27-2)22-7-13-15(17(22)26)23(18(28)21-16(13)25)8-14(24)20-12-5-3-11(19)4-6-12/h3-6,10H,7-9H2,1-2H3,(H,20,24)(H,21,25,28). The highest BCUT2D eigenvalue weighted by molar-refractivity contribution is 7.80. The number of fused-ring (bicyclic) bond motifs is 1. The number of thiol groups is 1. The van der Waals surface area contributed by atoms with Crippen molar-refractivity contribution in [3.05, 3.63) is 50.9 Å². The van der Waals surface area contributed by atoms with Crippen LogP contribution in [0.25, 0.3) is 0 Å². The minimum atomic E-state index is -0.519. The quantitative estimate of drug-likeness (QED) is 0.547. The van der Waals surface area contributed by atoms with E-state index >= 15 is 0 Å². The Labute approximate surface area is 171 Å².